The predicted molar refractivity (Wildman–Crippen MR) is 40.3 cm³/mol. The second kappa shape index (κ2) is 3.45. The zero-order valence-corrected chi connectivity index (χ0v) is 6.99. The molecule has 0 N–H and O–H groups in total. The summed E-state index contributed by atoms with van der Waals surface area (Å²) >= 11 is 3.74. The van der Waals surface area contributed by atoms with Crippen molar-refractivity contribution in [3.8, 4) is 5.75 Å². The van der Waals surface area contributed by atoms with Crippen molar-refractivity contribution in [2.24, 2.45) is 0 Å². The first-order valence-electron chi connectivity index (χ1n) is 3.13. The van der Waals surface area contributed by atoms with Gasteiger partial charge in [0.15, 0.2) is 11.6 Å². The van der Waals surface area contributed by atoms with E-state index in [0.717, 1.165) is 12.1 Å². The normalized spacial score (nSPS) is 11.5. The van der Waals surface area contributed by atoms with Crippen LogP contribution in [0.5, 0.6) is 5.75 Å². The highest BCUT2D eigenvalue weighted by Crippen LogP contribution is 2.26. The van der Waals surface area contributed by atoms with Crippen molar-refractivity contribution in [3.05, 3.63) is 24.0 Å². The van der Waals surface area contributed by atoms with Gasteiger partial charge in [0.05, 0.1) is 0 Å². The molecule has 0 bridgehead atoms. The molecule has 0 saturated carbocycles. The van der Waals surface area contributed by atoms with E-state index in [1.165, 1.54) is 6.07 Å². The van der Waals surface area contributed by atoms with Gasteiger partial charge in [-0.05, 0) is 18.2 Å². The third kappa shape index (κ3) is 3.14. The number of hydrogen-bond donors (Lipinski definition) is 1. The Morgan fingerprint density at radius 2 is 1.85 bits per heavy atom. The predicted octanol–water partition coefficient (Wildman–Crippen LogP) is 3.01. The van der Waals surface area contributed by atoms with Gasteiger partial charge in [0.25, 0.3) is 0 Å². The van der Waals surface area contributed by atoms with E-state index in [1.54, 1.807) is 0 Å². The van der Waals surface area contributed by atoms with Crippen molar-refractivity contribution in [1.82, 2.24) is 0 Å². The van der Waals surface area contributed by atoms with Crippen molar-refractivity contribution in [2.75, 3.05) is 0 Å². The van der Waals surface area contributed by atoms with E-state index < -0.39 is 17.9 Å². The van der Waals surface area contributed by atoms with E-state index in [-0.39, 0.29) is 4.90 Å². The van der Waals surface area contributed by atoms with Gasteiger partial charge in [-0.15, -0.1) is 25.8 Å². The minimum absolute atomic E-state index is 0.229. The molecule has 1 aromatic carbocycles. The second-order valence-corrected chi connectivity index (χ2v) is 2.68. The van der Waals surface area contributed by atoms with Gasteiger partial charge in [0, 0.05) is 4.90 Å². The molecule has 0 spiro atoms. The number of ether oxygens (including phenoxy) is 1. The van der Waals surface area contributed by atoms with Crippen molar-refractivity contribution >= 4 is 12.6 Å². The van der Waals surface area contributed by atoms with Crippen molar-refractivity contribution in [3.63, 3.8) is 0 Å². The Hall–Kier alpha value is -0.910. The van der Waals surface area contributed by atoms with E-state index in [4.69, 9.17) is 0 Å². The fraction of sp³-hybridized carbons (Fsp3) is 0.143. The lowest BCUT2D eigenvalue weighted by Gasteiger charge is -2.09. The van der Waals surface area contributed by atoms with Gasteiger partial charge in [-0.2, -0.15) is 0 Å². The van der Waals surface area contributed by atoms with Gasteiger partial charge in [-0.1, -0.05) is 0 Å². The highest BCUT2D eigenvalue weighted by atomic mass is 32.1. The molecule has 72 valence electrons. The van der Waals surface area contributed by atoms with Crippen LogP contribution in [0.1, 0.15) is 0 Å². The number of halogens is 4. The van der Waals surface area contributed by atoms with E-state index >= 15 is 0 Å². The molecular formula is C7H4F4OS. The van der Waals surface area contributed by atoms with Crippen LogP contribution in [0, 0.1) is 5.82 Å². The molecule has 0 amide bonds. The molecule has 13 heavy (non-hydrogen) atoms. The monoisotopic (exact) mass is 212 g/mol. The fourth-order valence-corrected chi connectivity index (χ4v) is 0.885. The average Bonchev–Trinajstić information content (AvgIpc) is 1.93. The number of benzene rings is 1. The van der Waals surface area contributed by atoms with Crippen LogP contribution >= 0.6 is 12.6 Å². The molecule has 0 aliphatic carbocycles. The first-order chi connectivity index (χ1) is 5.88. The molecule has 6 heteroatoms. The van der Waals surface area contributed by atoms with E-state index in [0.29, 0.717) is 0 Å². The van der Waals surface area contributed by atoms with Crippen LogP contribution in [0.4, 0.5) is 17.6 Å². The molecule has 0 radical (unpaired) electrons. The molecule has 0 aliphatic rings. The summed E-state index contributed by atoms with van der Waals surface area (Å²) in [7, 11) is 0. The smallest absolute Gasteiger partial charge is 0.403 e. The average molecular weight is 212 g/mol. The Labute approximate surface area is 76.7 Å². The molecular weight excluding hydrogens is 208 g/mol. The zero-order valence-electron chi connectivity index (χ0n) is 6.10. The van der Waals surface area contributed by atoms with Crippen LogP contribution in [-0.4, -0.2) is 6.36 Å². The van der Waals surface area contributed by atoms with Gasteiger partial charge in [0.2, 0.25) is 0 Å². The quantitative estimate of drug-likeness (QED) is 0.556. The third-order valence-corrected chi connectivity index (χ3v) is 1.42. The maximum absolute atomic E-state index is 12.7. The lowest BCUT2D eigenvalue weighted by molar-refractivity contribution is -0.275. The SMILES string of the molecule is Fc1cc(S)ccc1OC(F)(F)F. The van der Waals surface area contributed by atoms with Crippen LogP contribution < -0.4 is 4.74 Å². The first kappa shape index (κ1) is 10.2. The maximum atomic E-state index is 12.7. The summed E-state index contributed by atoms with van der Waals surface area (Å²) in [6, 6.07) is 2.91. The van der Waals surface area contributed by atoms with E-state index in [2.05, 4.69) is 17.4 Å². The number of rotatable bonds is 1. The minimum atomic E-state index is -4.88. The lowest BCUT2D eigenvalue weighted by atomic mass is 10.3. The highest BCUT2D eigenvalue weighted by Gasteiger charge is 2.32. The van der Waals surface area contributed by atoms with Gasteiger partial charge >= 0.3 is 6.36 Å². The summed E-state index contributed by atoms with van der Waals surface area (Å²) in [6.07, 6.45) is -4.88. The van der Waals surface area contributed by atoms with Gasteiger partial charge in [-0.25, -0.2) is 4.39 Å². The molecule has 0 aromatic heterocycles. The molecule has 0 unspecified atom stereocenters. The zero-order chi connectivity index (χ0) is 10.1. The summed E-state index contributed by atoms with van der Waals surface area (Å²) in [5, 5.41) is 0. The Morgan fingerprint density at radius 1 is 1.23 bits per heavy atom. The highest BCUT2D eigenvalue weighted by molar-refractivity contribution is 7.80. The van der Waals surface area contributed by atoms with E-state index in [9.17, 15) is 17.6 Å². The Balaban J connectivity index is 2.90. The lowest BCUT2D eigenvalue weighted by Crippen LogP contribution is -2.17. The van der Waals surface area contributed by atoms with E-state index in [1.807, 2.05) is 0 Å². The molecule has 1 aromatic rings. The summed E-state index contributed by atoms with van der Waals surface area (Å²) in [5.41, 5.74) is 0. The number of hydrogen-bond acceptors (Lipinski definition) is 2. The van der Waals surface area contributed by atoms with Crippen LogP contribution in [0.2, 0.25) is 0 Å². The fourth-order valence-electron chi connectivity index (χ4n) is 0.697. The molecule has 1 rings (SSSR count). The maximum Gasteiger partial charge on any atom is 0.573 e. The second-order valence-electron chi connectivity index (χ2n) is 2.16. The molecule has 0 atom stereocenters. The minimum Gasteiger partial charge on any atom is -0.403 e. The van der Waals surface area contributed by atoms with Crippen LogP contribution in [-0.2, 0) is 0 Å². The Bertz CT molecular complexity index is 310. The van der Waals surface area contributed by atoms with Gasteiger partial charge in [0.1, 0.15) is 0 Å². The molecule has 0 fully saturated rings. The number of alkyl halides is 3. The van der Waals surface area contributed by atoms with Crippen LogP contribution in [0.25, 0.3) is 0 Å². The topological polar surface area (TPSA) is 9.23 Å². The standard InChI is InChI=1S/C7H4F4OS/c8-5-3-4(13)1-2-6(5)12-7(9,10)11/h1-3,13H. The summed E-state index contributed by atoms with van der Waals surface area (Å²) in [5.74, 6) is -1.95. The van der Waals surface area contributed by atoms with Gasteiger partial charge < -0.3 is 4.74 Å². The molecule has 0 saturated heterocycles. The van der Waals surface area contributed by atoms with Crippen LogP contribution in [0.15, 0.2) is 23.1 Å². The summed E-state index contributed by atoms with van der Waals surface area (Å²) in [4.78, 5) is 0.229. The Kier molecular flexibility index (Phi) is 2.70. The Morgan fingerprint density at radius 3 is 2.31 bits per heavy atom. The molecule has 0 aliphatic heterocycles. The van der Waals surface area contributed by atoms with Crippen molar-refractivity contribution in [1.29, 1.82) is 0 Å². The van der Waals surface area contributed by atoms with Crippen molar-refractivity contribution in [2.45, 2.75) is 11.3 Å². The van der Waals surface area contributed by atoms with Crippen molar-refractivity contribution < 1.29 is 22.3 Å². The summed E-state index contributed by atoms with van der Waals surface area (Å²) in [6.45, 7) is 0. The van der Waals surface area contributed by atoms with Crippen LogP contribution in [0.3, 0.4) is 0 Å². The largest absolute Gasteiger partial charge is 0.573 e. The first-order valence-corrected chi connectivity index (χ1v) is 3.57. The number of thiol groups is 1. The molecule has 1 nitrogen and oxygen atoms in total. The molecule has 0 heterocycles. The van der Waals surface area contributed by atoms with Gasteiger partial charge in [-0.3, -0.25) is 0 Å². The summed E-state index contributed by atoms with van der Waals surface area (Å²) < 4.78 is 50.9. The third-order valence-electron chi connectivity index (χ3n) is 1.14.